The van der Waals surface area contributed by atoms with Gasteiger partial charge in [-0.25, -0.2) is 0 Å². The molecule has 2 rings (SSSR count). The van der Waals surface area contributed by atoms with E-state index in [1.165, 1.54) is 23.2 Å². The Morgan fingerprint density at radius 2 is 1.90 bits per heavy atom. The first-order valence-electron chi connectivity index (χ1n) is 7.44. The number of benzene rings is 1. The summed E-state index contributed by atoms with van der Waals surface area (Å²) in [6.07, 6.45) is 3.36. The third-order valence-electron chi connectivity index (χ3n) is 3.86. The Bertz CT molecular complexity index is 497. The molecule has 1 heterocycles. The van der Waals surface area contributed by atoms with E-state index in [2.05, 4.69) is 66.6 Å². The molecule has 0 aliphatic heterocycles. The van der Waals surface area contributed by atoms with Crippen molar-refractivity contribution < 1.29 is 0 Å². The quantitative estimate of drug-likeness (QED) is 0.812. The van der Waals surface area contributed by atoms with Crippen LogP contribution in [0.4, 0.5) is 0 Å². The van der Waals surface area contributed by atoms with Gasteiger partial charge in [0.2, 0.25) is 0 Å². The second-order valence-electron chi connectivity index (χ2n) is 5.54. The molecule has 20 heavy (non-hydrogen) atoms. The summed E-state index contributed by atoms with van der Waals surface area (Å²) in [5.41, 5.74) is 5.10. The standard InChI is InChI=1S/C17H25N3/c1-13(9-10-16-7-5-4-6-8-16)18-12-11-17-14(2)19-20-15(17)3/h4-8,13,18H,9-12H2,1-3H3,(H,19,20). The maximum Gasteiger partial charge on any atom is 0.0626 e. The average molecular weight is 271 g/mol. The van der Waals surface area contributed by atoms with E-state index >= 15 is 0 Å². The summed E-state index contributed by atoms with van der Waals surface area (Å²) in [7, 11) is 0. The van der Waals surface area contributed by atoms with Crippen molar-refractivity contribution in [2.24, 2.45) is 0 Å². The summed E-state index contributed by atoms with van der Waals surface area (Å²) in [6.45, 7) is 7.43. The van der Waals surface area contributed by atoms with Crippen molar-refractivity contribution in [1.29, 1.82) is 0 Å². The second kappa shape index (κ2) is 7.25. The molecule has 0 bridgehead atoms. The molecule has 0 aliphatic rings. The minimum Gasteiger partial charge on any atom is -0.314 e. The molecule has 108 valence electrons. The van der Waals surface area contributed by atoms with Gasteiger partial charge in [0, 0.05) is 11.7 Å². The van der Waals surface area contributed by atoms with Gasteiger partial charge in [-0.1, -0.05) is 30.3 Å². The van der Waals surface area contributed by atoms with Gasteiger partial charge in [0.1, 0.15) is 0 Å². The Kier molecular flexibility index (Phi) is 5.36. The lowest BCUT2D eigenvalue weighted by Crippen LogP contribution is -2.28. The summed E-state index contributed by atoms with van der Waals surface area (Å²) in [4.78, 5) is 0. The van der Waals surface area contributed by atoms with E-state index in [0.29, 0.717) is 6.04 Å². The molecule has 0 saturated heterocycles. The Labute approximate surface area is 121 Å². The van der Waals surface area contributed by atoms with Crippen LogP contribution in [0.3, 0.4) is 0 Å². The molecule has 1 aromatic heterocycles. The van der Waals surface area contributed by atoms with Gasteiger partial charge in [-0.15, -0.1) is 0 Å². The molecule has 0 saturated carbocycles. The predicted octanol–water partition coefficient (Wildman–Crippen LogP) is 3.18. The van der Waals surface area contributed by atoms with Crippen LogP contribution in [0.25, 0.3) is 0 Å². The lowest BCUT2D eigenvalue weighted by Gasteiger charge is -2.13. The zero-order valence-electron chi connectivity index (χ0n) is 12.7. The van der Waals surface area contributed by atoms with Crippen molar-refractivity contribution in [2.45, 2.75) is 46.1 Å². The average Bonchev–Trinajstić information content (AvgIpc) is 2.78. The predicted molar refractivity (Wildman–Crippen MR) is 84.0 cm³/mol. The summed E-state index contributed by atoms with van der Waals surface area (Å²) >= 11 is 0. The lowest BCUT2D eigenvalue weighted by atomic mass is 10.1. The van der Waals surface area contributed by atoms with Crippen molar-refractivity contribution in [2.75, 3.05) is 6.54 Å². The van der Waals surface area contributed by atoms with E-state index in [-0.39, 0.29) is 0 Å². The molecule has 1 aromatic carbocycles. The maximum atomic E-state index is 4.24. The minimum absolute atomic E-state index is 0.544. The van der Waals surface area contributed by atoms with Crippen molar-refractivity contribution in [3.8, 4) is 0 Å². The van der Waals surface area contributed by atoms with E-state index in [4.69, 9.17) is 0 Å². The number of H-pyrrole nitrogens is 1. The van der Waals surface area contributed by atoms with Crippen LogP contribution in [0.5, 0.6) is 0 Å². The van der Waals surface area contributed by atoms with E-state index in [1.54, 1.807) is 0 Å². The molecule has 0 amide bonds. The van der Waals surface area contributed by atoms with E-state index in [0.717, 1.165) is 25.1 Å². The Morgan fingerprint density at radius 1 is 1.15 bits per heavy atom. The Hall–Kier alpha value is -1.61. The molecular weight excluding hydrogens is 246 g/mol. The summed E-state index contributed by atoms with van der Waals surface area (Å²) in [6, 6.07) is 11.2. The highest BCUT2D eigenvalue weighted by Crippen LogP contribution is 2.10. The number of rotatable bonds is 7. The van der Waals surface area contributed by atoms with Gasteiger partial charge < -0.3 is 5.32 Å². The fourth-order valence-electron chi connectivity index (χ4n) is 2.52. The molecule has 0 aliphatic carbocycles. The SMILES string of the molecule is Cc1n[nH]c(C)c1CCNC(C)CCc1ccccc1. The van der Waals surface area contributed by atoms with Gasteiger partial charge >= 0.3 is 0 Å². The van der Waals surface area contributed by atoms with Crippen LogP contribution in [0.2, 0.25) is 0 Å². The number of hydrogen-bond donors (Lipinski definition) is 2. The molecule has 3 heteroatoms. The summed E-state index contributed by atoms with van der Waals surface area (Å²) in [5.74, 6) is 0. The maximum absolute atomic E-state index is 4.24. The van der Waals surface area contributed by atoms with Crippen molar-refractivity contribution in [3.63, 3.8) is 0 Å². The highest BCUT2D eigenvalue weighted by molar-refractivity contribution is 5.23. The van der Waals surface area contributed by atoms with Gasteiger partial charge in [-0.3, -0.25) is 5.10 Å². The largest absolute Gasteiger partial charge is 0.314 e. The van der Waals surface area contributed by atoms with Crippen molar-refractivity contribution in [3.05, 3.63) is 52.8 Å². The first kappa shape index (κ1) is 14.8. The minimum atomic E-state index is 0.544. The molecule has 2 aromatic rings. The summed E-state index contributed by atoms with van der Waals surface area (Å²) < 4.78 is 0. The fraction of sp³-hybridized carbons (Fsp3) is 0.471. The van der Waals surface area contributed by atoms with Crippen LogP contribution >= 0.6 is 0 Å². The van der Waals surface area contributed by atoms with E-state index in [1.807, 2.05) is 0 Å². The number of hydrogen-bond acceptors (Lipinski definition) is 2. The van der Waals surface area contributed by atoms with Gasteiger partial charge in [-0.05, 0) is 57.7 Å². The normalized spacial score (nSPS) is 12.6. The summed E-state index contributed by atoms with van der Waals surface area (Å²) in [5, 5.41) is 10.9. The number of nitrogens with one attached hydrogen (secondary N) is 2. The van der Waals surface area contributed by atoms with E-state index in [9.17, 15) is 0 Å². The van der Waals surface area contributed by atoms with E-state index < -0.39 is 0 Å². The highest BCUT2D eigenvalue weighted by Gasteiger charge is 2.07. The first-order chi connectivity index (χ1) is 9.66. The van der Waals surface area contributed by atoms with Crippen LogP contribution in [0.1, 0.15) is 35.9 Å². The number of nitrogens with zero attached hydrogens (tertiary/aromatic N) is 1. The van der Waals surface area contributed by atoms with Gasteiger partial charge in [0.25, 0.3) is 0 Å². The van der Waals surface area contributed by atoms with Crippen LogP contribution in [0.15, 0.2) is 30.3 Å². The van der Waals surface area contributed by atoms with Gasteiger partial charge in [0.15, 0.2) is 0 Å². The number of aromatic amines is 1. The first-order valence-corrected chi connectivity index (χ1v) is 7.44. The zero-order chi connectivity index (χ0) is 14.4. The van der Waals surface area contributed by atoms with Crippen LogP contribution in [-0.2, 0) is 12.8 Å². The third-order valence-corrected chi connectivity index (χ3v) is 3.86. The molecule has 0 spiro atoms. The van der Waals surface area contributed by atoms with Gasteiger partial charge in [-0.2, -0.15) is 5.10 Å². The number of aromatic nitrogens is 2. The third kappa shape index (κ3) is 4.20. The zero-order valence-corrected chi connectivity index (χ0v) is 12.7. The highest BCUT2D eigenvalue weighted by atomic mass is 15.1. The van der Waals surface area contributed by atoms with Crippen LogP contribution in [0, 0.1) is 13.8 Å². The second-order valence-corrected chi connectivity index (χ2v) is 5.54. The Balaban J connectivity index is 1.69. The lowest BCUT2D eigenvalue weighted by molar-refractivity contribution is 0.517. The molecule has 0 radical (unpaired) electrons. The molecule has 1 atom stereocenters. The monoisotopic (exact) mass is 271 g/mol. The molecule has 0 fully saturated rings. The Morgan fingerprint density at radius 3 is 2.55 bits per heavy atom. The fourth-order valence-corrected chi connectivity index (χ4v) is 2.52. The molecule has 1 unspecified atom stereocenters. The van der Waals surface area contributed by atoms with Gasteiger partial charge in [0.05, 0.1) is 5.69 Å². The van der Waals surface area contributed by atoms with Crippen molar-refractivity contribution in [1.82, 2.24) is 15.5 Å². The molecular formula is C17H25N3. The van der Waals surface area contributed by atoms with Crippen LogP contribution < -0.4 is 5.32 Å². The molecule has 3 nitrogen and oxygen atoms in total. The topological polar surface area (TPSA) is 40.7 Å². The number of aryl methyl sites for hydroxylation is 3. The van der Waals surface area contributed by atoms with Crippen molar-refractivity contribution >= 4 is 0 Å². The molecule has 2 N–H and O–H groups in total. The van der Waals surface area contributed by atoms with Crippen LogP contribution in [-0.4, -0.2) is 22.8 Å². The smallest absolute Gasteiger partial charge is 0.0626 e.